The van der Waals surface area contributed by atoms with Crippen LogP contribution < -0.4 is 5.32 Å². The molecule has 19 heavy (non-hydrogen) atoms. The van der Waals surface area contributed by atoms with Crippen LogP contribution in [0, 0.1) is 0 Å². The Bertz CT molecular complexity index is 551. The number of aromatic carboxylic acids is 1. The van der Waals surface area contributed by atoms with Gasteiger partial charge in [0.25, 0.3) is 0 Å². The van der Waals surface area contributed by atoms with Gasteiger partial charge in [-0.05, 0) is 38.1 Å². The molecular formula is C14H16N2O3. The third-order valence-corrected chi connectivity index (χ3v) is 2.90. The Morgan fingerprint density at radius 2 is 2.05 bits per heavy atom. The number of nitrogens with zero attached hydrogens (tertiary/aromatic N) is 1. The van der Waals surface area contributed by atoms with E-state index < -0.39 is 5.97 Å². The van der Waals surface area contributed by atoms with Crippen molar-refractivity contribution in [3.05, 3.63) is 53.7 Å². The molecule has 2 aromatic rings. The molecule has 0 aromatic carbocycles. The maximum atomic E-state index is 10.8. The van der Waals surface area contributed by atoms with E-state index in [1.165, 1.54) is 6.07 Å². The molecule has 0 aliphatic heterocycles. The van der Waals surface area contributed by atoms with Crippen molar-refractivity contribution in [2.24, 2.45) is 0 Å². The predicted octanol–water partition coefficient (Wildman–Crippen LogP) is 2.78. The van der Waals surface area contributed by atoms with E-state index in [0.717, 1.165) is 5.69 Å². The van der Waals surface area contributed by atoms with Gasteiger partial charge in [0.1, 0.15) is 5.76 Å². The van der Waals surface area contributed by atoms with Crippen LogP contribution in [0.2, 0.25) is 0 Å². The number of pyridine rings is 1. The van der Waals surface area contributed by atoms with Crippen molar-refractivity contribution in [2.45, 2.75) is 25.9 Å². The predicted molar refractivity (Wildman–Crippen MR) is 69.9 cm³/mol. The SMILES string of the molecule is CC(NC(C)c1ccc(C(=O)O)o1)c1ccccn1. The van der Waals surface area contributed by atoms with Gasteiger partial charge >= 0.3 is 5.97 Å². The second-order valence-electron chi connectivity index (χ2n) is 4.37. The Kier molecular flexibility index (Phi) is 3.97. The van der Waals surface area contributed by atoms with E-state index in [4.69, 9.17) is 9.52 Å². The number of hydrogen-bond donors (Lipinski definition) is 2. The lowest BCUT2D eigenvalue weighted by Crippen LogP contribution is -2.22. The van der Waals surface area contributed by atoms with Crippen molar-refractivity contribution in [3.8, 4) is 0 Å². The van der Waals surface area contributed by atoms with Crippen LogP contribution in [0.15, 0.2) is 40.9 Å². The number of carbonyl (C=O) groups is 1. The van der Waals surface area contributed by atoms with E-state index in [1.54, 1.807) is 12.3 Å². The van der Waals surface area contributed by atoms with Crippen molar-refractivity contribution in [1.82, 2.24) is 10.3 Å². The summed E-state index contributed by atoms with van der Waals surface area (Å²) in [5.74, 6) is -0.509. The van der Waals surface area contributed by atoms with Crippen LogP contribution in [0.4, 0.5) is 0 Å². The molecule has 0 aliphatic rings. The van der Waals surface area contributed by atoms with E-state index in [9.17, 15) is 4.79 Å². The first-order chi connectivity index (χ1) is 9.08. The van der Waals surface area contributed by atoms with Gasteiger partial charge in [0, 0.05) is 12.2 Å². The molecular weight excluding hydrogens is 244 g/mol. The van der Waals surface area contributed by atoms with E-state index in [2.05, 4.69) is 10.3 Å². The second kappa shape index (κ2) is 5.67. The zero-order valence-electron chi connectivity index (χ0n) is 10.8. The van der Waals surface area contributed by atoms with Crippen molar-refractivity contribution in [1.29, 1.82) is 0 Å². The van der Waals surface area contributed by atoms with Crippen molar-refractivity contribution >= 4 is 5.97 Å². The lowest BCUT2D eigenvalue weighted by molar-refractivity contribution is 0.0659. The van der Waals surface area contributed by atoms with Gasteiger partial charge in [0.05, 0.1) is 11.7 Å². The monoisotopic (exact) mass is 260 g/mol. The molecule has 0 bridgehead atoms. The Balaban J connectivity index is 2.04. The lowest BCUT2D eigenvalue weighted by Gasteiger charge is -2.17. The third kappa shape index (κ3) is 3.20. The molecule has 0 radical (unpaired) electrons. The van der Waals surface area contributed by atoms with Gasteiger partial charge in [-0.2, -0.15) is 0 Å². The third-order valence-electron chi connectivity index (χ3n) is 2.90. The fraction of sp³-hybridized carbons (Fsp3) is 0.286. The summed E-state index contributed by atoms with van der Waals surface area (Å²) in [4.78, 5) is 15.0. The van der Waals surface area contributed by atoms with Gasteiger partial charge < -0.3 is 9.52 Å². The first-order valence-electron chi connectivity index (χ1n) is 6.08. The van der Waals surface area contributed by atoms with Crippen LogP contribution in [0.25, 0.3) is 0 Å². The molecule has 0 aliphatic carbocycles. The van der Waals surface area contributed by atoms with Crippen LogP contribution >= 0.6 is 0 Å². The summed E-state index contributed by atoms with van der Waals surface area (Å²) in [7, 11) is 0. The number of carboxylic acid groups (broad SMARTS) is 1. The maximum Gasteiger partial charge on any atom is 0.371 e. The number of rotatable bonds is 5. The fourth-order valence-electron chi connectivity index (χ4n) is 1.88. The highest BCUT2D eigenvalue weighted by Crippen LogP contribution is 2.20. The first-order valence-corrected chi connectivity index (χ1v) is 6.08. The molecule has 2 aromatic heterocycles. The molecule has 0 fully saturated rings. The van der Waals surface area contributed by atoms with Gasteiger partial charge in [0.2, 0.25) is 5.76 Å². The summed E-state index contributed by atoms with van der Waals surface area (Å²) in [6, 6.07) is 8.83. The maximum absolute atomic E-state index is 10.8. The van der Waals surface area contributed by atoms with Crippen LogP contribution in [-0.4, -0.2) is 16.1 Å². The number of aromatic nitrogens is 1. The molecule has 100 valence electrons. The normalized spacial score (nSPS) is 14.0. The van der Waals surface area contributed by atoms with Gasteiger partial charge in [-0.3, -0.25) is 10.3 Å². The van der Waals surface area contributed by atoms with Gasteiger partial charge in [0.15, 0.2) is 0 Å². The molecule has 0 spiro atoms. The minimum Gasteiger partial charge on any atom is -0.475 e. The minimum absolute atomic E-state index is 0.0471. The van der Waals surface area contributed by atoms with Gasteiger partial charge in [-0.25, -0.2) is 4.79 Å². The fourth-order valence-corrected chi connectivity index (χ4v) is 1.88. The zero-order valence-corrected chi connectivity index (χ0v) is 10.8. The van der Waals surface area contributed by atoms with E-state index in [1.807, 2.05) is 32.0 Å². The zero-order chi connectivity index (χ0) is 13.8. The highest BCUT2D eigenvalue weighted by Gasteiger charge is 2.16. The molecule has 0 amide bonds. The standard InChI is InChI=1S/C14H16N2O3/c1-9(11-5-3-4-8-15-11)16-10(2)12-6-7-13(19-12)14(17)18/h3-10,16H,1-2H3,(H,17,18). The summed E-state index contributed by atoms with van der Waals surface area (Å²) in [5, 5.41) is 12.1. The van der Waals surface area contributed by atoms with Crippen molar-refractivity contribution < 1.29 is 14.3 Å². The average Bonchev–Trinajstić information content (AvgIpc) is 2.89. The molecule has 2 unspecified atom stereocenters. The molecule has 5 heteroatoms. The quantitative estimate of drug-likeness (QED) is 0.864. The molecule has 0 saturated carbocycles. The van der Waals surface area contributed by atoms with Gasteiger partial charge in [-0.1, -0.05) is 6.07 Å². The molecule has 2 N–H and O–H groups in total. The van der Waals surface area contributed by atoms with E-state index in [-0.39, 0.29) is 17.8 Å². The highest BCUT2D eigenvalue weighted by molar-refractivity contribution is 5.84. The Labute approximate surface area is 111 Å². The van der Waals surface area contributed by atoms with Crippen molar-refractivity contribution in [2.75, 3.05) is 0 Å². The van der Waals surface area contributed by atoms with Gasteiger partial charge in [-0.15, -0.1) is 0 Å². The number of hydrogen-bond acceptors (Lipinski definition) is 4. The van der Waals surface area contributed by atoms with E-state index in [0.29, 0.717) is 5.76 Å². The number of nitrogens with one attached hydrogen (secondary N) is 1. The topological polar surface area (TPSA) is 75.4 Å². The van der Waals surface area contributed by atoms with Crippen LogP contribution in [-0.2, 0) is 0 Å². The summed E-state index contributed by atoms with van der Waals surface area (Å²) in [6.45, 7) is 3.92. The summed E-state index contributed by atoms with van der Waals surface area (Å²) < 4.78 is 5.26. The molecule has 2 heterocycles. The van der Waals surface area contributed by atoms with Crippen molar-refractivity contribution in [3.63, 3.8) is 0 Å². The Hall–Kier alpha value is -2.14. The lowest BCUT2D eigenvalue weighted by atomic mass is 10.1. The Morgan fingerprint density at radius 3 is 2.63 bits per heavy atom. The molecule has 0 saturated heterocycles. The summed E-state index contributed by atoms with van der Waals surface area (Å²) in [5.41, 5.74) is 0.930. The number of carboxylic acids is 1. The smallest absolute Gasteiger partial charge is 0.371 e. The summed E-state index contributed by atoms with van der Waals surface area (Å²) in [6.07, 6.45) is 1.74. The minimum atomic E-state index is -1.06. The first kappa shape index (κ1) is 13.3. The Morgan fingerprint density at radius 1 is 1.26 bits per heavy atom. The molecule has 2 atom stereocenters. The summed E-state index contributed by atoms with van der Waals surface area (Å²) >= 11 is 0. The number of furan rings is 1. The van der Waals surface area contributed by atoms with E-state index >= 15 is 0 Å². The molecule has 5 nitrogen and oxygen atoms in total. The second-order valence-corrected chi connectivity index (χ2v) is 4.37. The van der Waals surface area contributed by atoms with Crippen LogP contribution in [0.3, 0.4) is 0 Å². The molecule has 2 rings (SSSR count). The van der Waals surface area contributed by atoms with Crippen LogP contribution in [0.5, 0.6) is 0 Å². The van der Waals surface area contributed by atoms with Crippen LogP contribution in [0.1, 0.15) is 47.9 Å². The highest BCUT2D eigenvalue weighted by atomic mass is 16.4. The average molecular weight is 260 g/mol. The largest absolute Gasteiger partial charge is 0.475 e.